The van der Waals surface area contributed by atoms with E-state index in [0.29, 0.717) is 18.1 Å². The molecule has 0 aromatic heterocycles. The van der Waals surface area contributed by atoms with Crippen molar-refractivity contribution in [3.63, 3.8) is 0 Å². The van der Waals surface area contributed by atoms with Crippen molar-refractivity contribution < 1.29 is 14.8 Å². The zero-order chi connectivity index (χ0) is 12.8. The van der Waals surface area contributed by atoms with Gasteiger partial charge in [0.05, 0.1) is 11.0 Å². The van der Waals surface area contributed by atoms with E-state index in [9.17, 15) is 15.2 Å². The molecule has 0 aliphatic rings. The fourth-order valence-electron chi connectivity index (χ4n) is 1.47. The van der Waals surface area contributed by atoms with Gasteiger partial charge < -0.3 is 9.84 Å². The third kappa shape index (κ3) is 4.82. The van der Waals surface area contributed by atoms with Crippen LogP contribution < -0.4 is 4.74 Å². The number of hydrogen-bond donors (Lipinski definition) is 1. The number of hydrogen-bond acceptors (Lipinski definition) is 4. The van der Waals surface area contributed by atoms with Crippen LogP contribution in [0.25, 0.3) is 0 Å². The molecule has 1 aromatic carbocycles. The van der Waals surface area contributed by atoms with Crippen molar-refractivity contribution in [3.05, 3.63) is 34.4 Å². The average Bonchev–Trinajstić information content (AvgIpc) is 2.26. The molecule has 0 spiro atoms. The van der Waals surface area contributed by atoms with Crippen LogP contribution in [0.15, 0.2) is 24.3 Å². The van der Waals surface area contributed by atoms with Crippen molar-refractivity contribution in [2.75, 3.05) is 6.61 Å². The Kier molecular flexibility index (Phi) is 4.90. The molecular weight excluding hydrogens is 222 g/mol. The molecule has 0 amide bonds. The molecule has 0 aliphatic heterocycles. The number of nitro benzene ring substituents is 1. The smallest absolute Gasteiger partial charge is 0.269 e. The molecule has 0 aliphatic carbocycles. The third-order valence-electron chi connectivity index (χ3n) is 2.23. The molecule has 5 heteroatoms. The van der Waals surface area contributed by atoms with Crippen molar-refractivity contribution in [3.8, 4) is 5.75 Å². The Hall–Kier alpha value is -1.62. The van der Waals surface area contributed by atoms with Gasteiger partial charge in [-0.3, -0.25) is 10.1 Å². The number of aliphatic hydroxyl groups is 1. The summed E-state index contributed by atoms with van der Waals surface area (Å²) in [7, 11) is 0. The van der Waals surface area contributed by atoms with Gasteiger partial charge in [0, 0.05) is 12.1 Å². The first-order valence-corrected chi connectivity index (χ1v) is 5.54. The van der Waals surface area contributed by atoms with Gasteiger partial charge in [0.25, 0.3) is 5.69 Å². The van der Waals surface area contributed by atoms with E-state index >= 15 is 0 Å². The summed E-state index contributed by atoms with van der Waals surface area (Å²) in [4.78, 5) is 9.96. The Morgan fingerprint density at radius 2 is 1.94 bits per heavy atom. The maximum Gasteiger partial charge on any atom is 0.269 e. The molecular formula is C12H17NO4. The maximum atomic E-state index is 10.4. The summed E-state index contributed by atoms with van der Waals surface area (Å²) in [5.41, 5.74) is 0.0279. The van der Waals surface area contributed by atoms with E-state index in [2.05, 4.69) is 0 Å². The summed E-state index contributed by atoms with van der Waals surface area (Å²) in [5.74, 6) is 0.934. The van der Waals surface area contributed by atoms with Crippen LogP contribution >= 0.6 is 0 Å². The number of nitrogens with zero attached hydrogens (tertiary/aromatic N) is 1. The predicted octanol–water partition coefficient (Wildman–Crippen LogP) is 2.38. The molecule has 0 radical (unpaired) electrons. The van der Waals surface area contributed by atoms with E-state index in [1.54, 1.807) is 0 Å². The van der Waals surface area contributed by atoms with E-state index < -0.39 is 11.0 Å². The monoisotopic (exact) mass is 239 g/mol. The lowest BCUT2D eigenvalue weighted by Crippen LogP contribution is -2.19. The molecule has 1 N–H and O–H groups in total. The van der Waals surface area contributed by atoms with Gasteiger partial charge in [-0.1, -0.05) is 13.8 Å². The quantitative estimate of drug-likeness (QED) is 0.611. The average molecular weight is 239 g/mol. The Morgan fingerprint density at radius 1 is 1.35 bits per heavy atom. The Labute approximate surface area is 100 Å². The zero-order valence-corrected chi connectivity index (χ0v) is 10.00. The summed E-state index contributed by atoms with van der Waals surface area (Å²) in [5, 5.41) is 20.0. The van der Waals surface area contributed by atoms with Gasteiger partial charge in [0.2, 0.25) is 0 Å². The van der Waals surface area contributed by atoms with E-state index in [0.717, 1.165) is 0 Å². The van der Waals surface area contributed by atoms with Crippen LogP contribution in [0.5, 0.6) is 5.75 Å². The molecule has 1 atom stereocenters. The Bertz CT molecular complexity index is 361. The second-order valence-electron chi connectivity index (χ2n) is 4.35. The Morgan fingerprint density at radius 3 is 2.41 bits per heavy atom. The third-order valence-corrected chi connectivity index (χ3v) is 2.23. The highest BCUT2D eigenvalue weighted by atomic mass is 16.6. The van der Waals surface area contributed by atoms with Crippen molar-refractivity contribution in [1.29, 1.82) is 0 Å². The number of rotatable bonds is 6. The van der Waals surface area contributed by atoms with Crippen LogP contribution in [0.3, 0.4) is 0 Å². The van der Waals surface area contributed by atoms with E-state index in [4.69, 9.17) is 4.74 Å². The summed E-state index contributed by atoms with van der Waals surface area (Å²) >= 11 is 0. The number of benzene rings is 1. The molecule has 17 heavy (non-hydrogen) atoms. The standard InChI is InChI=1S/C12H17NO4/c1-9(2)7-11(14)8-17-12-5-3-10(4-6-12)13(15)16/h3-6,9,11,14H,7-8H2,1-2H3/t11-/m0/s1. The van der Waals surface area contributed by atoms with Crippen LogP contribution in [-0.4, -0.2) is 22.7 Å². The van der Waals surface area contributed by atoms with Gasteiger partial charge >= 0.3 is 0 Å². The van der Waals surface area contributed by atoms with Gasteiger partial charge in [-0.05, 0) is 24.5 Å². The van der Waals surface area contributed by atoms with Gasteiger partial charge in [-0.25, -0.2) is 0 Å². The number of aliphatic hydroxyl groups excluding tert-OH is 1. The van der Waals surface area contributed by atoms with Crippen molar-refractivity contribution in [2.24, 2.45) is 5.92 Å². The van der Waals surface area contributed by atoms with Gasteiger partial charge in [0.1, 0.15) is 12.4 Å². The fraction of sp³-hybridized carbons (Fsp3) is 0.500. The van der Waals surface area contributed by atoms with Crippen LogP contribution in [-0.2, 0) is 0 Å². The molecule has 5 nitrogen and oxygen atoms in total. The van der Waals surface area contributed by atoms with Crippen molar-refractivity contribution in [1.82, 2.24) is 0 Å². The summed E-state index contributed by atoms with van der Waals surface area (Å²) < 4.78 is 5.33. The van der Waals surface area contributed by atoms with Crippen LogP contribution in [0.1, 0.15) is 20.3 Å². The first kappa shape index (κ1) is 13.4. The minimum absolute atomic E-state index is 0.0279. The fourth-order valence-corrected chi connectivity index (χ4v) is 1.47. The lowest BCUT2D eigenvalue weighted by molar-refractivity contribution is -0.384. The molecule has 0 heterocycles. The van der Waals surface area contributed by atoms with Crippen molar-refractivity contribution >= 4 is 5.69 Å². The number of ether oxygens (including phenoxy) is 1. The highest BCUT2D eigenvalue weighted by Crippen LogP contribution is 2.17. The first-order valence-electron chi connectivity index (χ1n) is 5.54. The normalized spacial score (nSPS) is 12.5. The lowest BCUT2D eigenvalue weighted by atomic mass is 10.1. The van der Waals surface area contributed by atoms with E-state index in [-0.39, 0.29) is 12.3 Å². The molecule has 0 unspecified atom stereocenters. The summed E-state index contributed by atoms with van der Waals surface area (Å²) in [6.07, 6.45) is 0.165. The maximum absolute atomic E-state index is 10.4. The zero-order valence-electron chi connectivity index (χ0n) is 10.00. The minimum Gasteiger partial charge on any atom is -0.491 e. The highest BCUT2D eigenvalue weighted by molar-refractivity contribution is 5.35. The van der Waals surface area contributed by atoms with E-state index in [1.807, 2.05) is 13.8 Å². The van der Waals surface area contributed by atoms with Gasteiger partial charge in [-0.15, -0.1) is 0 Å². The van der Waals surface area contributed by atoms with Crippen LogP contribution in [0.4, 0.5) is 5.69 Å². The first-order chi connectivity index (χ1) is 7.99. The van der Waals surface area contributed by atoms with Crippen LogP contribution in [0.2, 0.25) is 0 Å². The number of nitro groups is 1. The molecule has 0 saturated carbocycles. The molecule has 0 fully saturated rings. The second kappa shape index (κ2) is 6.20. The topological polar surface area (TPSA) is 72.6 Å². The molecule has 1 aromatic rings. The molecule has 1 rings (SSSR count). The van der Waals surface area contributed by atoms with Gasteiger partial charge in [0.15, 0.2) is 0 Å². The lowest BCUT2D eigenvalue weighted by Gasteiger charge is -2.13. The SMILES string of the molecule is CC(C)C[C@H](O)COc1ccc([N+](=O)[O-])cc1. The predicted molar refractivity (Wildman–Crippen MR) is 64.1 cm³/mol. The second-order valence-corrected chi connectivity index (χ2v) is 4.35. The largest absolute Gasteiger partial charge is 0.491 e. The van der Waals surface area contributed by atoms with Crippen molar-refractivity contribution in [2.45, 2.75) is 26.4 Å². The number of non-ortho nitro benzene ring substituents is 1. The summed E-state index contributed by atoms with van der Waals surface area (Å²) in [6.45, 7) is 4.25. The molecule has 0 bridgehead atoms. The molecule has 94 valence electrons. The summed E-state index contributed by atoms with van der Waals surface area (Å²) in [6, 6.07) is 5.81. The minimum atomic E-state index is -0.509. The highest BCUT2D eigenvalue weighted by Gasteiger charge is 2.09. The Balaban J connectivity index is 2.44. The molecule has 0 saturated heterocycles. The van der Waals surface area contributed by atoms with Crippen LogP contribution in [0, 0.1) is 16.0 Å². The van der Waals surface area contributed by atoms with Gasteiger partial charge in [-0.2, -0.15) is 0 Å². The van der Waals surface area contributed by atoms with E-state index in [1.165, 1.54) is 24.3 Å².